The number of para-hydroxylation sites is 1. The van der Waals surface area contributed by atoms with Gasteiger partial charge >= 0.3 is 0 Å². The second-order valence-corrected chi connectivity index (χ2v) is 3.64. The largest absolute Gasteiger partial charge is 0.457 e. The molecular weight excluding hydrogens is 216 g/mol. The summed E-state index contributed by atoms with van der Waals surface area (Å²) in [5.74, 6) is 1.64. The Labute approximate surface area is 98.4 Å². The van der Waals surface area contributed by atoms with Gasteiger partial charge in [-0.2, -0.15) is 0 Å². The zero-order valence-corrected chi connectivity index (χ0v) is 9.72. The minimum Gasteiger partial charge on any atom is -0.457 e. The van der Waals surface area contributed by atoms with E-state index in [1.165, 1.54) is 0 Å². The van der Waals surface area contributed by atoms with Gasteiger partial charge < -0.3 is 9.16 Å². The molecule has 0 aliphatic heterocycles. The van der Waals surface area contributed by atoms with Crippen LogP contribution in [-0.4, -0.2) is 10.5 Å². The van der Waals surface area contributed by atoms with Crippen LogP contribution in [0.25, 0.3) is 0 Å². The van der Waals surface area contributed by atoms with E-state index in [4.69, 9.17) is 9.16 Å². The molecule has 0 unspecified atom stereocenters. The van der Waals surface area contributed by atoms with Gasteiger partial charge in [0.15, 0.2) is 0 Å². The Morgan fingerprint density at radius 3 is 2.38 bits per heavy atom. The van der Waals surface area contributed by atoms with Crippen molar-refractivity contribution < 1.29 is 9.16 Å². The number of hydrogen-bond donors (Lipinski definition) is 0. The third kappa shape index (κ3) is 2.95. The summed E-state index contributed by atoms with van der Waals surface area (Å²) in [5.41, 5.74) is 1.06. The van der Waals surface area contributed by atoms with Gasteiger partial charge in [0.25, 0.3) is 0 Å². The molecule has 0 fully saturated rings. The van der Waals surface area contributed by atoms with Gasteiger partial charge in [-0.25, -0.2) is 0 Å². The van der Waals surface area contributed by atoms with Crippen LogP contribution in [0.2, 0.25) is 0 Å². The maximum atomic E-state index is 5.69. The number of ether oxygens (including phenoxy) is 1. The van der Waals surface area contributed by atoms with Crippen molar-refractivity contribution >= 4 is 10.5 Å². The van der Waals surface area contributed by atoms with E-state index in [1.54, 1.807) is 0 Å². The minimum absolute atomic E-state index is 0.517. The topological polar surface area (TPSA) is 18.5 Å². The van der Waals surface area contributed by atoms with Crippen molar-refractivity contribution in [3.8, 4) is 11.5 Å². The Hall–Kier alpha value is -1.58. The summed E-state index contributed by atoms with van der Waals surface area (Å²) in [6, 6.07) is 17.5. The molecule has 16 heavy (non-hydrogen) atoms. The minimum atomic E-state index is 0.517. The van der Waals surface area contributed by atoms with E-state index >= 15 is 0 Å². The van der Waals surface area contributed by atoms with Crippen LogP contribution in [0.4, 0.5) is 0 Å². The number of rotatable bonds is 4. The van der Waals surface area contributed by atoms with E-state index in [0.717, 1.165) is 17.1 Å². The SMILES string of the molecule is [Si]OCc1cccc(Oc2ccccc2)c1. The third-order valence-electron chi connectivity index (χ3n) is 2.12. The Balaban J connectivity index is 2.12. The van der Waals surface area contributed by atoms with Crippen LogP contribution in [-0.2, 0) is 11.0 Å². The van der Waals surface area contributed by atoms with E-state index in [0.29, 0.717) is 6.61 Å². The first-order chi connectivity index (χ1) is 7.88. The van der Waals surface area contributed by atoms with Crippen LogP contribution in [0.3, 0.4) is 0 Å². The van der Waals surface area contributed by atoms with Gasteiger partial charge in [0, 0.05) is 0 Å². The molecule has 2 rings (SSSR count). The fourth-order valence-electron chi connectivity index (χ4n) is 1.41. The van der Waals surface area contributed by atoms with Crippen molar-refractivity contribution in [1.29, 1.82) is 0 Å². The predicted octanol–water partition coefficient (Wildman–Crippen LogP) is 3.08. The molecule has 0 saturated heterocycles. The van der Waals surface area contributed by atoms with Crippen LogP contribution >= 0.6 is 0 Å². The van der Waals surface area contributed by atoms with E-state index in [1.807, 2.05) is 54.6 Å². The lowest BCUT2D eigenvalue weighted by atomic mass is 10.2. The van der Waals surface area contributed by atoms with Crippen LogP contribution in [0.1, 0.15) is 5.56 Å². The average Bonchev–Trinajstić information content (AvgIpc) is 2.31. The van der Waals surface area contributed by atoms with Crippen LogP contribution in [0, 0.1) is 0 Å². The van der Waals surface area contributed by atoms with Crippen LogP contribution < -0.4 is 4.74 Å². The molecule has 0 spiro atoms. The van der Waals surface area contributed by atoms with Gasteiger partial charge in [0.05, 0.1) is 6.61 Å². The molecule has 0 aliphatic rings. The van der Waals surface area contributed by atoms with Crippen molar-refractivity contribution in [3.63, 3.8) is 0 Å². The molecular formula is C13H11O2Si. The molecule has 2 aromatic carbocycles. The van der Waals surface area contributed by atoms with Gasteiger partial charge in [0.2, 0.25) is 10.5 Å². The molecule has 3 radical (unpaired) electrons. The molecule has 0 amide bonds. The first kappa shape index (κ1) is 10.9. The molecule has 2 nitrogen and oxygen atoms in total. The van der Waals surface area contributed by atoms with Gasteiger partial charge in [0.1, 0.15) is 11.5 Å². The first-order valence-corrected chi connectivity index (χ1v) is 5.39. The Morgan fingerprint density at radius 2 is 1.62 bits per heavy atom. The fourth-order valence-corrected chi connectivity index (χ4v) is 1.57. The Kier molecular flexibility index (Phi) is 3.74. The van der Waals surface area contributed by atoms with Crippen molar-refractivity contribution in [2.24, 2.45) is 0 Å². The standard InChI is InChI=1S/C13H11O2Si/c16-14-10-11-5-4-8-13(9-11)15-12-6-2-1-3-7-12/h1-9H,10H2. The molecule has 0 atom stereocenters. The Bertz CT molecular complexity index is 443. The predicted molar refractivity (Wildman–Crippen MR) is 63.5 cm³/mol. The number of benzene rings is 2. The summed E-state index contributed by atoms with van der Waals surface area (Å²) < 4.78 is 10.6. The molecule has 2 aromatic rings. The first-order valence-electron chi connectivity index (χ1n) is 4.99. The van der Waals surface area contributed by atoms with Crippen molar-refractivity contribution in [1.82, 2.24) is 0 Å². The van der Waals surface area contributed by atoms with Crippen LogP contribution in [0.5, 0.6) is 11.5 Å². The molecule has 0 saturated carbocycles. The molecule has 0 aliphatic carbocycles. The monoisotopic (exact) mass is 227 g/mol. The van der Waals surface area contributed by atoms with Gasteiger partial charge in [-0.1, -0.05) is 30.3 Å². The number of hydrogen-bond acceptors (Lipinski definition) is 2. The third-order valence-corrected chi connectivity index (χ3v) is 2.26. The Morgan fingerprint density at radius 1 is 0.875 bits per heavy atom. The highest BCUT2D eigenvalue weighted by molar-refractivity contribution is 5.97. The van der Waals surface area contributed by atoms with Crippen LogP contribution in [0.15, 0.2) is 54.6 Å². The lowest BCUT2D eigenvalue weighted by Crippen LogP contribution is -1.89. The van der Waals surface area contributed by atoms with E-state index in [9.17, 15) is 0 Å². The van der Waals surface area contributed by atoms with E-state index in [2.05, 4.69) is 10.5 Å². The zero-order chi connectivity index (χ0) is 11.2. The fraction of sp³-hybridized carbons (Fsp3) is 0.0769. The lowest BCUT2D eigenvalue weighted by molar-refractivity contribution is 0.337. The molecule has 0 aromatic heterocycles. The molecule has 0 bridgehead atoms. The highest BCUT2D eigenvalue weighted by Crippen LogP contribution is 2.21. The summed E-state index contributed by atoms with van der Waals surface area (Å²) in [5, 5.41) is 0. The van der Waals surface area contributed by atoms with Gasteiger partial charge in [-0.15, -0.1) is 0 Å². The summed E-state index contributed by atoms with van der Waals surface area (Å²) in [6.45, 7) is 0.517. The zero-order valence-electron chi connectivity index (χ0n) is 8.72. The highest BCUT2D eigenvalue weighted by atomic mass is 28.2. The summed E-state index contributed by atoms with van der Waals surface area (Å²) in [6.07, 6.45) is 0. The second-order valence-electron chi connectivity index (χ2n) is 3.35. The maximum Gasteiger partial charge on any atom is 0.246 e. The molecule has 79 valence electrons. The van der Waals surface area contributed by atoms with Gasteiger partial charge in [-0.3, -0.25) is 0 Å². The van der Waals surface area contributed by atoms with Gasteiger partial charge in [-0.05, 0) is 29.8 Å². The lowest BCUT2D eigenvalue weighted by Gasteiger charge is -2.07. The maximum absolute atomic E-state index is 5.69. The van der Waals surface area contributed by atoms with E-state index < -0.39 is 0 Å². The summed E-state index contributed by atoms with van der Waals surface area (Å²) in [4.78, 5) is 0. The van der Waals surface area contributed by atoms with Crippen molar-refractivity contribution in [3.05, 3.63) is 60.2 Å². The smallest absolute Gasteiger partial charge is 0.246 e. The molecule has 0 heterocycles. The van der Waals surface area contributed by atoms with Crippen molar-refractivity contribution in [2.45, 2.75) is 6.61 Å². The quantitative estimate of drug-likeness (QED) is 0.747. The summed E-state index contributed by atoms with van der Waals surface area (Å²) >= 11 is 0. The normalized spacial score (nSPS) is 10.1. The summed E-state index contributed by atoms with van der Waals surface area (Å²) in [7, 11) is 2.98. The van der Waals surface area contributed by atoms with Crippen molar-refractivity contribution in [2.75, 3.05) is 0 Å². The average molecular weight is 227 g/mol. The highest BCUT2D eigenvalue weighted by Gasteiger charge is 1.98. The van der Waals surface area contributed by atoms with E-state index in [-0.39, 0.29) is 0 Å². The molecule has 0 N–H and O–H groups in total. The molecule has 3 heteroatoms. The second kappa shape index (κ2) is 5.49.